The number of pyridine rings is 1. The van der Waals surface area contributed by atoms with Crippen molar-refractivity contribution < 1.29 is 4.74 Å². The van der Waals surface area contributed by atoms with Gasteiger partial charge in [0.1, 0.15) is 5.75 Å². The smallest absolute Gasteiger partial charge is 0.200 e. The van der Waals surface area contributed by atoms with Crippen molar-refractivity contribution in [3.8, 4) is 5.75 Å². The van der Waals surface area contributed by atoms with E-state index in [4.69, 9.17) is 9.84 Å². The largest absolute Gasteiger partial charge is 0.466 e. The number of para-hydroxylation sites is 1. The van der Waals surface area contributed by atoms with Gasteiger partial charge in [0.15, 0.2) is 0 Å². The molecule has 0 bridgehead atoms. The van der Waals surface area contributed by atoms with Crippen LogP contribution in [0.5, 0.6) is 5.75 Å². The van der Waals surface area contributed by atoms with Crippen molar-refractivity contribution in [2.45, 2.75) is 56.3 Å². The number of aromatic nitrogens is 1. The molecule has 2 aromatic carbocycles. The maximum absolute atomic E-state index is 6.84. The molecule has 1 spiro atoms. The monoisotopic (exact) mass is 450 g/mol. The maximum Gasteiger partial charge on any atom is 0.200 e. The van der Waals surface area contributed by atoms with E-state index < -0.39 is 0 Å². The first-order valence-corrected chi connectivity index (χ1v) is 12.7. The van der Waals surface area contributed by atoms with E-state index in [1.165, 1.54) is 36.0 Å². The van der Waals surface area contributed by atoms with Crippen LogP contribution in [0, 0.1) is 0 Å². The van der Waals surface area contributed by atoms with E-state index in [1.807, 2.05) is 12.4 Å². The number of nitrogens with zero attached hydrogens (tertiary/aromatic N) is 4. The fourth-order valence-corrected chi connectivity index (χ4v) is 6.57. The first-order valence-electron chi connectivity index (χ1n) is 12.7. The number of hydrazone groups is 1. The molecule has 5 heteroatoms. The van der Waals surface area contributed by atoms with E-state index in [-0.39, 0.29) is 11.8 Å². The molecule has 1 saturated heterocycles. The average molecular weight is 451 g/mol. The van der Waals surface area contributed by atoms with Gasteiger partial charge in [0, 0.05) is 61.9 Å². The Hall–Kier alpha value is -3.18. The van der Waals surface area contributed by atoms with Crippen molar-refractivity contribution >= 4 is 5.71 Å². The van der Waals surface area contributed by atoms with Crippen LogP contribution in [-0.2, 0) is 6.42 Å². The fourth-order valence-electron chi connectivity index (χ4n) is 6.57. The van der Waals surface area contributed by atoms with Gasteiger partial charge in [-0.25, -0.2) is 5.01 Å². The van der Waals surface area contributed by atoms with Crippen molar-refractivity contribution in [3.05, 3.63) is 95.3 Å². The summed E-state index contributed by atoms with van der Waals surface area (Å²) in [5, 5.41) is 7.53. The molecule has 1 aliphatic carbocycles. The van der Waals surface area contributed by atoms with Gasteiger partial charge in [0.2, 0.25) is 5.72 Å². The highest BCUT2D eigenvalue weighted by Crippen LogP contribution is 2.50. The molecule has 3 aromatic rings. The second kappa shape index (κ2) is 7.95. The number of likely N-dealkylation sites (tertiary alicyclic amines) is 1. The molecule has 0 radical (unpaired) electrons. The Balaban J connectivity index is 1.20. The van der Waals surface area contributed by atoms with Gasteiger partial charge in [-0.05, 0) is 48.6 Å². The Kier molecular flexibility index (Phi) is 4.73. The lowest BCUT2D eigenvalue weighted by Crippen LogP contribution is -2.59. The van der Waals surface area contributed by atoms with Crippen molar-refractivity contribution in [2.24, 2.45) is 5.10 Å². The second-order valence-electron chi connectivity index (χ2n) is 10.1. The van der Waals surface area contributed by atoms with E-state index in [1.54, 1.807) is 0 Å². The van der Waals surface area contributed by atoms with Crippen LogP contribution in [0.15, 0.2) is 78.2 Å². The van der Waals surface area contributed by atoms with Crippen LogP contribution in [0.1, 0.15) is 66.4 Å². The zero-order valence-corrected chi connectivity index (χ0v) is 19.4. The number of piperidine rings is 1. The Morgan fingerprint density at radius 1 is 0.853 bits per heavy atom. The summed E-state index contributed by atoms with van der Waals surface area (Å²) < 4.78 is 6.84. The zero-order valence-electron chi connectivity index (χ0n) is 19.4. The molecule has 5 nitrogen and oxygen atoms in total. The number of aryl methyl sites for hydroxylation is 1. The van der Waals surface area contributed by atoms with Gasteiger partial charge in [-0.2, -0.15) is 5.10 Å². The Morgan fingerprint density at radius 2 is 1.62 bits per heavy atom. The van der Waals surface area contributed by atoms with E-state index in [2.05, 4.69) is 75.6 Å². The Morgan fingerprint density at radius 3 is 2.47 bits per heavy atom. The first kappa shape index (κ1) is 20.2. The number of benzene rings is 2. The summed E-state index contributed by atoms with van der Waals surface area (Å²) in [5.74, 6) is 1.03. The summed E-state index contributed by atoms with van der Waals surface area (Å²) in [7, 11) is 0. The van der Waals surface area contributed by atoms with Crippen LogP contribution in [-0.4, -0.2) is 39.4 Å². The lowest BCUT2D eigenvalue weighted by Gasteiger charge is -2.52. The molecule has 1 fully saturated rings. The van der Waals surface area contributed by atoms with E-state index >= 15 is 0 Å². The van der Waals surface area contributed by atoms with E-state index in [0.717, 1.165) is 49.4 Å². The summed E-state index contributed by atoms with van der Waals surface area (Å²) >= 11 is 0. The molecule has 0 N–H and O–H groups in total. The van der Waals surface area contributed by atoms with Crippen LogP contribution in [0.4, 0.5) is 0 Å². The summed E-state index contributed by atoms with van der Waals surface area (Å²) in [4.78, 5) is 6.90. The minimum absolute atomic E-state index is 0.232. The van der Waals surface area contributed by atoms with Crippen LogP contribution >= 0.6 is 0 Å². The molecular formula is C29H30N4O. The molecule has 34 heavy (non-hydrogen) atoms. The molecule has 7 rings (SSSR count). The lowest BCUT2D eigenvalue weighted by molar-refractivity contribution is -0.153. The number of hydrogen-bond acceptors (Lipinski definition) is 5. The molecule has 2 atom stereocenters. The normalized spacial score (nSPS) is 25.2. The first-order chi connectivity index (χ1) is 16.8. The minimum Gasteiger partial charge on any atom is -0.466 e. The number of hydrogen-bond donors (Lipinski definition) is 0. The number of fused-ring (bicyclic) bond motifs is 5. The summed E-state index contributed by atoms with van der Waals surface area (Å²) in [5.41, 5.74) is 6.25. The van der Waals surface area contributed by atoms with Gasteiger partial charge in [-0.3, -0.25) is 9.88 Å². The zero-order chi connectivity index (χ0) is 22.5. The summed E-state index contributed by atoms with van der Waals surface area (Å²) in [6.07, 6.45) is 10.3. The molecule has 0 amide bonds. The summed E-state index contributed by atoms with van der Waals surface area (Å²) in [6, 6.07) is 22.5. The molecular weight excluding hydrogens is 420 g/mol. The Bertz CT molecular complexity index is 1230. The molecule has 0 saturated carbocycles. The highest BCUT2D eigenvalue weighted by Gasteiger charge is 2.52. The van der Waals surface area contributed by atoms with Crippen LogP contribution in [0.25, 0.3) is 0 Å². The van der Waals surface area contributed by atoms with Crippen molar-refractivity contribution in [3.63, 3.8) is 0 Å². The van der Waals surface area contributed by atoms with Crippen molar-refractivity contribution in [2.75, 3.05) is 13.1 Å². The highest BCUT2D eigenvalue weighted by molar-refractivity contribution is 6.01. The van der Waals surface area contributed by atoms with Gasteiger partial charge in [-0.15, -0.1) is 0 Å². The molecule has 4 aliphatic rings. The van der Waals surface area contributed by atoms with Crippen molar-refractivity contribution in [1.29, 1.82) is 0 Å². The quantitative estimate of drug-likeness (QED) is 0.517. The molecule has 1 aromatic heterocycles. The van der Waals surface area contributed by atoms with Crippen LogP contribution in [0.3, 0.4) is 0 Å². The van der Waals surface area contributed by atoms with Gasteiger partial charge in [-0.1, -0.05) is 42.5 Å². The minimum atomic E-state index is -0.377. The lowest BCUT2D eigenvalue weighted by atomic mass is 9.84. The third kappa shape index (κ3) is 3.17. The molecule has 3 aliphatic heterocycles. The molecule has 0 unspecified atom stereocenters. The SMILES string of the molecule is c1ccc2c(c1)CCC[C@@H]2N1CCC2(CC1)Oc1ccccc1[C@H]1CC(c3ccncc3)=NN12. The standard InChI is InChI=1S/C29H30N4O/c1-2-8-23-21(6-1)7-5-10-26(23)32-18-14-29(15-19-32)33-27(24-9-3-4-11-28(24)34-29)20-25(31-33)22-12-16-30-17-13-22/h1-4,6,8-9,11-13,16-17,26-27H,5,7,10,14-15,18-20H2/t26-,27+/m0/s1. The molecule has 4 heterocycles. The van der Waals surface area contributed by atoms with E-state index in [9.17, 15) is 0 Å². The highest BCUT2D eigenvalue weighted by atomic mass is 16.5. The predicted octanol–water partition coefficient (Wildman–Crippen LogP) is 5.49. The predicted molar refractivity (Wildman–Crippen MR) is 133 cm³/mol. The Labute approximate surface area is 201 Å². The number of ether oxygens (including phenoxy) is 1. The van der Waals surface area contributed by atoms with Gasteiger partial charge >= 0.3 is 0 Å². The van der Waals surface area contributed by atoms with Crippen molar-refractivity contribution in [1.82, 2.24) is 14.9 Å². The summed E-state index contributed by atoms with van der Waals surface area (Å²) in [6.45, 7) is 2.06. The maximum atomic E-state index is 6.84. The topological polar surface area (TPSA) is 41.0 Å². The van der Waals surface area contributed by atoms with Crippen LogP contribution < -0.4 is 4.74 Å². The fraction of sp³-hybridized carbons (Fsp3) is 0.379. The molecule has 172 valence electrons. The second-order valence-corrected chi connectivity index (χ2v) is 10.1. The third-order valence-corrected chi connectivity index (χ3v) is 8.28. The number of rotatable bonds is 2. The average Bonchev–Trinajstić information content (AvgIpc) is 3.37. The van der Waals surface area contributed by atoms with E-state index in [0.29, 0.717) is 6.04 Å². The van der Waals surface area contributed by atoms with Gasteiger partial charge in [0.05, 0.1) is 11.8 Å². The van der Waals surface area contributed by atoms with Gasteiger partial charge < -0.3 is 4.74 Å². The third-order valence-electron chi connectivity index (χ3n) is 8.28. The van der Waals surface area contributed by atoms with Gasteiger partial charge in [0.25, 0.3) is 0 Å². The van der Waals surface area contributed by atoms with Crippen LogP contribution in [0.2, 0.25) is 0 Å².